The number of aryl methyl sites for hydroxylation is 1. The van der Waals surface area contributed by atoms with E-state index < -0.39 is 17.4 Å². The van der Waals surface area contributed by atoms with Crippen molar-refractivity contribution in [2.24, 2.45) is 0 Å². The number of ketones is 1. The summed E-state index contributed by atoms with van der Waals surface area (Å²) in [6.45, 7) is 0. The Morgan fingerprint density at radius 2 is 1.55 bits per heavy atom. The molecule has 0 aliphatic heterocycles. The van der Waals surface area contributed by atoms with Crippen LogP contribution in [0.25, 0.3) is 11.1 Å². The smallest absolute Gasteiger partial charge is 0.407 e. The van der Waals surface area contributed by atoms with Crippen LogP contribution in [0.5, 0.6) is 0 Å². The number of hydrogen-bond acceptors (Lipinski definition) is 4. The summed E-state index contributed by atoms with van der Waals surface area (Å²) < 4.78 is 19.5. The van der Waals surface area contributed by atoms with E-state index in [1.807, 2.05) is 18.2 Å². The molecule has 33 heavy (non-hydrogen) atoms. The molecular weight excluding hydrogens is 421 g/mol. The van der Waals surface area contributed by atoms with Gasteiger partial charge < -0.3 is 4.42 Å². The topological polar surface area (TPSA) is 69.3 Å². The lowest BCUT2D eigenvalue weighted by Crippen LogP contribution is -2.22. The molecular formula is C27H24FNO4. The third kappa shape index (κ3) is 5.17. The second kappa shape index (κ2) is 10.2. The van der Waals surface area contributed by atoms with E-state index >= 15 is 0 Å². The summed E-state index contributed by atoms with van der Waals surface area (Å²) in [7, 11) is 0. The van der Waals surface area contributed by atoms with Gasteiger partial charge >= 0.3 is 5.76 Å². The lowest BCUT2D eigenvalue weighted by molar-refractivity contribution is 0.0895. The molecule has 0 radical (unpaired) electrons. The number of halogens is 1. The Labute approximate surface area is 190 Å². The van der Waals surface area contributed by atoms with E-state index in [1.54, 1.807) is 12.1 Å². The van der Waals surface area contributed by atoms with Crippen LogP contribution < -0.4 is 5.76 Å². The Balaban J connectivity index is 1.41. The highest BCUT2D eigenvalue weighted by Crippen LogP contribution is 2.22. The predicted octanol–water partition coefficient (Wildman–Crippen LogP) is 5.80. The van der Waals surface area contributed by atoms with E-state index in [4.69, 9.17) is 4.42 Å². The number of hydrogen-bond donors (Lipinski definition) is 0. The van der Waals surface area contributed by atoms with E-state index in [0.717, 1.165) is 30.3 Å². The number of unbranched alkanes of at least 4 members (excludes halogenated alkanes) is 3. The zero-order chi connectivity index (χ0) is 23.2. The largest absolute Gasteiger partial charge is 0.426 e. The molecule has 1 aromatic heterocycles. The Kier molecular flexibility index (Phi) is 6.93. The van der Waals surface area contributed by atoms with Gasteiger partial charge in [0.25, 0.3) is 0 Å². The number of nitrogens with zero attached hydrogens (tertiary/aromatic N) is 1. The summed E-state index contributed by atoms with van der Waals surface area (Å²) in [5.41, 5.74) is 2.05. The molecule has 0 N–H and O–H groups in total. The fourth-order valence-corrected chi connectivity index (χ4v) is 3.93. The van der Waals surface area contributed by atoms with Crippen LogP contribution in [0.15, 0.2) is 82.0 Å². The molecule has 3 aromatic carbocycles. The molecule has 4 aromatic rings. The first-order valence-electron chi connectivity index (χ1n) is 11.1. The lowest BCUT2D eigenvalue weighted by Gasteiger charge is -2.04. The Hall–Kier alpha value is -3.80. The van der Waals surface area contributed by atoms with Crippen molar-refractivity contribution in [1.82, 2.24) is 4.57 Å². The number of fused-ring (bicyclic) bond motifs is 1. The third-order valence-corrected chi connectivity index (χ3v) is 5.66. The standard InChI is InChI=1S/C27H24FNO4/c28-21-17-15-20(16-18-21)25(31)22-12-8-13-23-26(22)33-27(32)29(23)24(30)14-7-2-1-4-9-19-10-5-3-6-11-19/h3,5-6,8,10-13,15-18H,1-2,4,7,9,14H2. The van der Waals surface area contributed by atoms with Crippen molar-refractivity contribution in [2.75, 3.05) is 0 Å². The number of rotatable bonds is 9. The highest BCUT2D eigenvalue weighted by molar-refractivity contribution is 6.15. The number of carbonyl (C=O) groups is 2. The highest BCUT2D eigenvalue weighted by Gasteiger charge is 2.21. The molecule has 0 atom stereocenters. The highest BCUT2D eigenvalue weighted by atomic mass is 19.1. The second-order valence-electron chi connectivity index (χ2n) is 7.99. The average Bonchev–Trinajstić information content (AvgIpc) is 3.17. The number of oxazole rings is 1. The van der Waals surface area contributed by atoms with Crippen molar-refractivity contribution < 1.29 is 18.4 Å². The van der Waals surface area contributed by atoms with Crippen LogP contribution in [0, 0.1) is 5.82 Å². The van der Waals surface area contributed by atoms with Crippen LogP contribution in [-0.4, -0.2) is 16.3 Å². The average molecular weight is 445 g/mol. The molecule has 0 amide bonds. The summed E-state index contributed by atoms with van der Waals surface area (Å²) in [4.78, 5) is 38.1. The summed E-state index contributed by atoms with van der Waals surface area (Å²) in [5.74, 6) is -2.02. The van der Waals surface area contributed by atoms with Crippen LogP contribution in [0.3, 0.4) is 0 Å². The molecule has 0 saturated carbocycles. The first-order chi connectivity index (χ1) is 16.0. The molecule has 0 fully saturated rings. The molecule has 0 bridgehead atoms. The maximum atomic E-state index is 13.2. The van der Waals surface area contributed by atoms with E-state index in [0.29, 0.717) is 6.42 Å². The number of carbonyl (C=O) groups excluding carboxylic acids is 2. The van der Waals surface area contributed by atoms with Gasteiger partial charge in [-0.05, 0) is 61.2 Å². The SMILES string of the molecule is O=C(c1ccc(F)cc1)c1cccc2c1oc(=O)n2C(=O)CCCCCCc1ccccc1. The van der Waals surface area contributed by atoms with Gasteiger partial charge in [0.1, 0.15) is 5.82 Å². The van der Waals surface area contributed by atoms with Gasteiger partial charge in [0.2, 0.25) is 5.91 Å². The second-order valence-corrected chi connectivity index (χ2v) is 7.99. The molecule has 6 heteroatoms. The Morgan fingerprint density at radius 3 is 2.30 bits per heavy atom. The molecule has 0 aliphatic carbocycles. The van der Waals surface area contributed by atoms with Crippen molar-refractivity contribution in [2.45, 2.75) is 38.5 Å². The predicted molar refractivity (Wildman–Crippen MR) is 124 cm³/mol. The van der Waals surface area contributed by atoms with Crippen molar-refractivity contribution in [3.63, 3.8) is 0 Å². The van der Waals surface area contributed by atoms with Gasteiger partial charge in [-0.2, -0.15) is 0 Å². The summed E-state index contributed by atoms with van der Waals surface area (Å²) in [6, 6.07) is 20.1. The maximum Gasteiger partial charge on any atom is 0.426 e. The lowest BCUT2D eigenvalue weighted by atomic mass is 10.0. The minimum Gasteiger partial charge on any atom is -0.407 e. The van der Waals surface area contributed by atoms with Crippen LogP contribution in [0.4, 0.5) is 4.39 Å². The van der Waals surface area contributed by atoms with Gasteiger partial charge in [0.15, 0.2) is 11.4 Å². The summed E-state index contributed by atoms with van der Waals surface area (Å²) in [6.07, 6.45) is 4.82. The van der Waals surface area contributed by atoms with Gasteiger partial charge in [-0.15, -0.1) is 0 Å². The number of para-hydroxylation sites is 1. The molecule has 0 spiro atoms. The van der Waals surface area contributed by atoms with Crippen LogP contribution >= 0.6 is 0 Å². The minimum atomic E-state index is -0.807. The van der Waals surface area contributed by atoms with Gasteiger partial charge in [-0.1, -0.05) is 49.2 Å². The Morgan fingerprint density at radius 1 is 0.818 bits per heavy atom. The molecule has 1 heterocycles. The van der Waals surface area contributed by atoms with Crippen molar-refractivity contribution in [1.29, 1.82) is 0 Å². The van der Waals surface area contributed by atoms with Crippen LogP contribution in [-0.2, 0) is 6.42 Å². The van der Waals surface area contributed by atoms with Crippen LogP contribution in [0.1, 0.15) is 58.4 Å². The van der Waals surface area contributed by atoms with Crippen molar-refractivity contribution >= 4 is 22.8 Å². The fourth-order valence-electron chi connectivity index (χ4n) is 3.93. The summed E-state index contributed by atoms with van der Waals surface area (Å²) >= 11 is 0. The van der Waals surface area contributed by atoms with E-state index in [1.165, 1.54) is 35.9 Å². The maximum absolute atomic E-state index is 13.2. The molecule has 168 valence electrons. The van der Waals surface area contributed by atoms with Crippen molar-refractivity contribution in [3.05, 3.63) is 106 Å². The molecule has 0 aliphatic rings. The minimum absolute atomic E-state index is 0.0630. The number of benzene rings is 3. The monoisotopic (exact) mass is 445 g/mol. The first-order valence-corrected chi connectivity index (χ1v) is 11.1. The summed E-state index contributed by atoms with van der Waals surface area (Å²) in [5, 5.41) is 0. The molecule has 5 nitrogen and oxygen atoms in total. The van der Waals surface area contributed by atoms with E-state index in [-0.39, 0.29) is 34.6 Å². The van der Waals surface area contributed by atoms with Gasteiger partial charge in [-0.25, -0.2) is 13.8 Å². The normalized spacial score (nSPS) is 11.1. The van der Waals surface area contributed by atoms with Gasteiger partial charge in [0, 0.05) is 12.0 Å². The quantitative estimate of drug-likeness (QED) is 0.241. The van der Waals surface area contributed by atoms with Gasteiger partial charge in [0.05, 0.1) is 11.1 Å². The van der Waals surface area contributed by atoms with E-state index in [2.05, 4.69) is 12.1 Å². The molecule has 4 rings (SSSR count). The zero-order valence-corrected chi connectivity index (χ0v) is 18.1. The Bertz CT molecular complexity index is 1320. The fraction of sp³-hybridized carbons (Fsp3) is 0.222. The molecule has 0 unspecified atom stereocenters. The number of aromatic nitrogens is 1. The first kappa shape index (κ1) is 22.4. The molecule has 0 saturated heterocycles. The third-order valence-electron chi connectivity index (χ3n) is 5.66. The van der Waals surface area contributed by atoms with Crippen molar-refractivity contribution in [3.8, 4) is 0 Å². The zero-order valence-electron chi connectivity index (χ0n) is 18.1. The van der Waals surface area contributed by atoms with E-state index in [9.17, 15) is 18.8 Å². The van der Waals surface area contributed by atoms with Crippen LogP contribution in [0.2, 0.25) is 0 Å². The van der Waals surface area contributed by atoms with Gasteiger partial charge in [-0.3, -0.25) is 9.59 Å².